The summed E-state index contributed by atoms with van der Waals surface area (Å²) in [4.78, 5) is 25.0. The van der Waals surface area contributed by atoms with Gasteiger partial charge in [0.05, 0.1) is 17.1 Å². The smallest absolute Gasteiger partial charge is 0.318 e. The summed E-state index contributed by atoms with van der Waals surface area (Å²) in [6.45, 7) is 1.89. The van der Waals surface area contributed by atoms with Crippen LogP contribution < -0.4 is 16.2 Å². The number of para-hydroxylation sites is 1. The maximum Gasteiger partial charge on any atom is 0.324 e. The van der Waals surface area contributed by atoms with E-state index in [9.17, 15) is 9.59 Å². The summed E-state index contributed by atoms with van der Waals surface area (Å²) in [6, 6.07) is 23.5. The predicted molar refractivity (Wildman–Crippen MR) is 141 cm³/mol. The number of anilines is 2. The monoisotopic (exact) mass is 483 g/mol. The molecule has 0 unspecified atom stereocenters. The van der Waals surface area contributed by atoms with E-state index in [4.69, 9.17) is 16.7 Å². The highest BCUT2D eigenvalue weighted by Gasteiger charge is 2.20. The van der Waals surface area contributed by atoms with E-state index in [-0.39, 0.29) is 5.56 Å². The number of halogens is 1. The first-order chi connectivity index (χ1) is 16.9. The second-order valence-corrected chi connectivity index (χ2v) is 8.56. The number of rotatable bonds is 4. The molecule has 2 amide bonds. The van der Waals surface area contributed by atoms with Gasteiger partial charge in [-0.05, 0) is 37.3 Å². The molecule has 0 radical (unpaired) electrons. The topological polar surface area (TPSA) is 81.0 Å². The zero-order valence-electron chi connectivity index (χ0n) is 19.1. The number of fused-ring (bicyclic) bond motifs is 1. The summed E-state index contributed by atoms with van der Waals surface area (Å²) < 4.78 is 3.19. The molecule has 2 heterocycles. The molecule has 0 aliphatic rings. The second-order valence-electron chi connectivity index (χ2n) is 8.16. The average molecular weight is 484 g/mol. The first-order valence-electron chi connectivity index (χ1n) is 11.0. The van der Waals surface area contributed by atoms with Gasteiger partial charge in [0.1, 0.15) is 5.82 Å². The van der Waals surface area contributed by atoms with Crippen LogP contribution in [-0.2, 0) is 7.05 Å². The number of hydrogen-bond acceptors (Lipinski definition) is 3. The van der Waals surface area contributed by atoms with E-state index in [1.54, 1.807) is 36.1 Å². The van der Waals surface area contributed by atoms with Crippen LogP contribution in [-0.4, -0.2) is 20.4 Å². The minimum Gasteiger partial charge on any atom is -0.318 e. The molecule has 0 aliphatic carbocycles. The van der Waals surface area contributed by atoms with Crippen LogP contribution in [0.4, 0.5) is 16.3 Å². The lowest BCUT2D eigenvalue weighted by atomic mass is 10.1. The van der Waals surface area contributed by atoms with Crippen LogP contribution >= 0.6 is 11.6 Å². The molecule has 0 saturated carbocycles. The number of hydrogen-bond donors (Lipinski definition) is 2. The molecule has 35 heavy (non-hydrogen) atoms. The van der Waals surface area contributed by atoms with Crippen molar-refractivity contribution >= 4 is 39.9 Å². The zero-order valence-corrected chi connectivity index (χ0v) is 19.9. The van der Waals surface area contributed by atoms with Crippen molar-refractivity contribution in [3.05, 3.63) is 106 Å². The van der Waals surface area contributed by atoms with Crippen molar-refractivity contribution in [1.29, 1.82) is 0 Å². The number of pyridine rings is 1. The van der Waals surface area contributed by atoms with Gasteiger partial charge in [-0.1, -0.05) is 54.1 Å². The van der Waals surface area contributed by atoms with Crippen molar-refractivity contribution in [1.82, 2.24) is 14.3 Å². The van der Waals surface area contributed by atoms with Gasteiger partial charge in [-0.15, -0.1) is 0 Å². The Kier molecular flexibility index (Phi) is 5.84. The highest BCUT2D eigenvalue weighted by Crippen LogP contribution is 2.32. The number of urea groups is 1. The highest BCUT2D eigenvalue weighted by molar-refractivity contribution is 6.36. The van der Waals surface area contributed by atoms with Crippen molar-refractivity contribution in [2.45, 2.75) is 6.92 Å². The highest BCUT2D eigenvalue weighted by atomic mass is 35.5. The third kappa shape index (κ3) is 4.29. The summed E-state index contributed by atoms with van der Waals surface area (Å²) in [5.41, 5.74) is 3.52. The van der Waals surface area contributed by atoms with E-state index in [0.717, 1.165) is 27.6 Å². The molecule has 0 atom stereocenters. The van der Waals surface area contributed by atoms with Crippen molar-refractivity contribution < 1.29 is 4.79 Å². The van der Waals surface area contributed by atoms with Crippen LogP contribution in [0.2, 0.25) is 5.02 Å². The fraction of sp³-hybridized carbons (Fsp3) is 0.0741. The van der Waals surface area contributed by atoms with Gasteiger partial charge < -0.3 is 9.88 Å². The van der Waals surface area contributed by atoms with E-state index >= 15 is 0 Å². The molecule has 2 N–H and O–H groups in total. The van der Waals surface area contributed by atoms with Crippen LogP contribution in [0.5, 0.6) is 0 Å². The molecule has 2 aromatic heterocycles. The molecule has 8 heteroatoms. The molecule has 3 aromatic carbocycles. The first kappa shape index (κ1) is 22.4. The first-order valence-corrected chi connectivity index (χ1v) is 11.4. The molecular weight excluding hydrogens is 462 g/mol. The zero-order chi connectivity index (χ0) is 24.5. The minimum atomic E-state index is -0.412. The summed E-state index contributed by atoms with van der Waals surface area (Å²) in [6.07, 6.45) is 1.73. The molecule has 0 fully saturated rings. The van der Waals surface area contributed by atoms with Crippen molar-refractivity contribution in [2.24, 2.45) is 7.05 Å². The number of nitrogens with zero attached hydrogens (tertiary/aromatic N) is 3. The normalized spacial score (nSPS) is 10.9. The Morgan fingerprint density at radius 3 is 2.34 bits per heavy atom. The Hall–Kier alpha value is -4.36. The number of amides is 2. The third-order valence-electron chi connectivity index (χ3n) is 5.83. The molecule has 0 bridgehead atoms. The lowest BCUT2D eigenvalue weighted by Crippen LogP contribution is -2.22. The maximum absolute atomic E-state index is 13.1. The lowest BCUT2D eigenvalue weighted by molar-refractivity contribution is 0.262. The van der Waals surface area contributed by atoms with Gasteiger partial charge in [-0.25, -0.2) is 9.48 Å². The summed E-state index contributed by atoms with van der Waals surface area (Å²) in [5.74, 6) is 0.524. The standard InChI is InChI=1S/C27H22ClN5O2/c1-17-25(18-12-15-24(34)32(2)16-18)31-33(19-8-4-3-5-9-19)26(17)30-27(35)29-23-14-13-22(28)20-10-6-7-11-21(20)23/h3-16H,1-2H3,(H2,29,30,35). The van der Waals surface area contributed by atoms with Gasteiger partial charge in [0.25, 0.3) is 0 Å². The van der Waals surface area contributed by atoms with Crippen LogP contribution in [0.15, 0.2) is 89.9 Å². The molecule has 7 nitrogen and oxygen atoms in total. The molecule has 174 valence electrons. The maximum atomic E-state index is 13.1. The van der Waals surface area contributed by atoms with Gasteiger partial charge in [-0.2, -0.15) is 5.10 Å². The number of aromatic nitrogens is 3. The molecular formula is C27H22ClN5O2. The number of carbonyl (C=O) groups excluding carboxylic acids is 1. The van der Waals surface area contributed by atoms with Gasteiger partial charge in [-0.3, -0.25) is 10.1 Å². The summed E-state index contributed by atoms with van der Waals surface area (Å²) >= 11 is 6.33. The Labute approximate surface area is 206 Å². The van der Waals surface area contributed by atoms with Crippen LogP contribution in [0.3, 0.4) is 0 Å². The fourth-order valence-corrected chi connectivity index (χ4v) is 4.27. The average Bonchev–Trinajstić information content (AvgIpc) is 3.19. The van der Waals surface area contributed by atoms with Gasteiger partial charge in [0, 0.05) is 46.2 Å². The van der Waals surface area contributed by atoms with Gasteiger partial charge in [0.2, 0.25) is 5.56 Å². The Morgan fingerprint density at radius 2 is 1.60 bits per heavy atom. The third-order valence-corrected chi connectivity index (χ3v) is 6.16. The van der Waals surface area contributed by atoms with Crippen molar-refractivity contribution in [3.8, 4) is 16.9 Å². The van der Waals surface area contributed by atoms with E-state index in [0.29, 0.717) is 22.2 Å². The minimum absolute atomic E-state index is 0.109. The molecule has 0 aliphatic heterocycles. The SMILES string of the molecule is Cc1c(-c2ccc(=O)n(C)c2)nn(-c2ccccc2)c1NC(=O)Nc1ccc(Cl)c2ccccc12. The van der Waals surface area contributed by atoms with Crippen LogP contribution in [0.25, 0.3) is 27.7 Å². The fourth-order valence-electron chi connectivity index (χ4n) is 4.04. The summed E-state index contributed by atoms with van der Waals surface area (Å²) in [5, 5.41) is 13.0. The number of aryl methyl sites for hydroxylation is 1. The Morgan fingerprint density at radius 1 is 0.886 bits per heavy atom. The van der Waals surface area contributed by atoms with Crippen molar-refractivity contribution in [2.75, 3.05) is 10.6 Å². The quantitative estimate of drug-likeness (QED) is 0.329. The number of benzene rings is 3. The molecule has 5 aromatic rings. The Balaban J connectivity index is 1.54. The van der Waals surface area contributed by atoms with Crippen molar-refractivity contribution in [3.63, 3.8) is 0 Å². The Bertz CT molecular complexity index is 1620. The van der Waals surface area contributed by atoms with Crippen LogP contribution in [0, 0.1) is 6.92 Å². The molecule has 0 spiro atoms. The predicted octanol–water partition coefficient (Wildman–Crippen LogP) is 6.00. The molecule has 5 rings (SSSR count). The largest absolute Gasteiger partial charge is 0.324 e. The van der Waals surface area contributed by atoms with Crippen LogP contribution in [0.1, 0.15) is 5.56 Å². The van der Waals surface area contributed by atoms with Gasteiger partial charge >= 0.3 is 6.03 Å². The van der Waals surface area contributed by atoms with Gasteiger partial charge in [0.15, 0.2) is 0 Å². The molecule has 0 saturated heterocycles. The number of carbonyl (C=O) groups is 1. The van der Waals surface area contributed by atoms with E-state index in [2.05, 4.69) is 10.6 Å². The number of nitrogens with one attached hydrogen (secondary N) is 2. The van der Waals surface area contributed by atoms with E-state index in [1.165, 1.54) is 10.6 Å². The summed E-state index contributed by atoms with van der Waals surface area (Å²) in [7, 11) is 1.69. The lowest BCUT2D eigenvalue weighted by Gasteiger charge is -2.13. The second kappa shape index (κ2) is 9.12. The van der Waals surface area contributed by atoms with E-state index in [1.807, 2.05) is 61.5 Å². The van der Waals surface area contributed by atoms with E-state index < -0.39 is 6.03 Å².